The topological polar surface area (TPSA) is 78.5 Å². The van der Waals surface area contributed by atoms with Gasteiger partial charge in [0.05, 0.1) is 6.61 Å². The van der Waals surface area contributed by atoms with E-state index in [2.05, 4.69) is 39.6 Å². The third-order valence-electron chi connectivity index (χ3n) is 13.3. The number of fused-ring (bicyclic) bond motifs is 7. The van der Waals surface area contributed by atoms with Gasteiger partial charge in [-0.1, -0.05) is 39.8 Å². The second kappa shape index (κ2) is 9.10. The Morgan fingerprint density at radius 2 is 1.60 bits per heavy atom. The second-order valence-electron chi connectivity index (χ2n) is 14.8. The highest BCUT2D eigenvalue weighted by Gasteiger charge is 2.66. The third-order valence-corrected chi connectivity index (χ3v) is 13.3. The number of aliphatic hydroxyl groups excluding tert-OH is 2. The van der Waals surface area contributed by atoms with Crippen LogP contribution >= 0.6 is 0 Å². The van der Waals surface area contributed by atoms with E-state index in [9.17, 15) is 10.2 Å². The average Bonchev–Trinajstić information content (AvgIpc) is 3.22. The molecule has 0 spiro atoms. The first-order valence-corrected chi connectivity index (χ1v) is 14.9. The Labute approximate surface area is 214 Å². The van der Waals surface area contributed by atoms with Crippen LogP contribution in [0.1, 0.15) is 91.9 Å². The quantitative estimate of drug-likeness (QED) is 0.310. The molecule has 1 unspecified atom stereocenters. The Morgan fingerprint density at radius 3 is 2.31 bits per heavy atom. The summed E-state index contributed by atoms with van der Waals surface area (Å²) in [5.74, 6) is 4.14. The van der Waals surface area contributed by atoms with Crippen LogP contribution in [-0.2, 0) is 0 Å². The SMILES string of the molecule is C=C(CNCCO)[C@@H]1CC[C@]2(CO)CC[C@@H]3[C@H](CC[C@H]4[C@@]3(C)CC[C@H]3C(C)(C)C(N)CC[C@]43C)[C@@H]12. The summed E-state index contributed by atoms with van der Waals surface area (Å²) < 4.78 is 0. The van der Waals surface area contributed by atoms with Crippen molar-refractivity contribution in [1.29, 1.82) is 0 Å². The minimum atomic E-state index is 0.107. The molecule has 5 fully saturated rings. The lowest BCUT2D eigenvalue weighted by atomic mass is 9.36. The van der Waals surface area contributed by atoms with Crippen molar-refractivity contribution in [3.05, 3.63) is 12.2 Å². The Balaban J connectivity index is 1.43. The van der Waals surface area contributed by atoms with E-state index in [1.54, 1.807) is 0 Å². The Bertz CT molecular complexity index is 812. The molecule has 0 saturated heterocycles. The first-order chi connectivity index (χ1) is 16.5. The molecule has 5 aliphatic carbocycles. The minimum absolute atomic E-state index is 0.107. The van der Waals surface area contributed by atoms with Gasteiger partial charge in [0.25, 0.3) is 0 Å². The maximum absolute atomic E-state index is 10.7. The lowest BCUT2D eigenvalue weighted by Crippen LogP contribution is -2.64. The zero-order valence-corrected chi connectivity index (χ0v) is 23.1. The molecular weight excluding hydrogens is 432 g/mol. The first-order valence-electron chi connectivity index (χ1n) is 14.9. The molecule has 0 aromatic carbocycles. The lowest BCUT2D eigenvalue weighted by Gasteiger charge is -2.69. The first kappa shape index (κ1) is 26.2. The molecule has 10 atom stereocenters. The number of hydrogen-bond acceptors (Lipinski definition) is 4. The molecule has 0 aliphatic heterocycles. The van der Waals surface area contributed by atoms with Crippen molar-refractivity contribution in [2.24, 2.45) is 62.9 Å². The summed E-state index contributed by atoms with van der Waals surface area (Å²) in [5.41, 5.74) is 9.19. The van der Waals surface area contributed by atoms with E-state index < -0.39 is 0 Å². The molecule has 0 heterocycles. The van der Waals surface area contributed by atoms with Crippen molar-refractivity contribution in [3.63, 3.8) is 0 Å². The van der Waals surface area contributed by atoms with E-state index in [-0.39, 0.29) is 17.4 Å². The van der Waals surface area contributed by atoms with Gasteiger partial charge in [0.15, 0.2) is 0 Å². The Morgan fingerprint density at radius 1 is 0.886 bits per heavy atom. The largest absolute Gasteiger partial charge is 0.396 e. The van der Waals surface area contributed by atoms with Crippen LogP contribution in [-0.4, -0.2) is 42.6 Å². The van der Waals surface area contributed by atoms with E-state index in [4.69, 9.17) is 5.73 Å². The summed E-state index contributed by atoms with van der Waals surface area (Å²) in [4.78, 5) is 0. The second-order valence-corrected chi connectivity index (χ2v) is 14.8. The van der Waals surface area contributed by atoms with E-state index in [0.717, 1.165) is 36.6 Å². The van der Waals surface area contributed by atoms with Crippen LogP contribution in [0.3, 0.4) is 0 Å². The van der Waals surface area contributed by atoms with E-state index in [1.807, 2.05) is 0 Å². The predicted octanol–water partition coefficient (Wildman–Crippen LogP) is 5.14. The molecule has 5 aliphatic rings. The maximum Gasteiger partial charge on any atom is 0.0556 e. The highest BCUT2D eigenvalue weighted by molar-refractivity contribution is 5.19. The van der Waals surface area contributed by atoms with E-state index in [1.165, 1.54) is 63.4 Å². The van der Waals surface area contributed by atoms with Gasteiger partial charge in [-0.15, -0.1) is 0 Å². The molecule has 0 amide bonds. The van der Waals surface area contributed by atoms with Crippen LogP contribution in [0, 0.1) is 57.2 Å². The van der Waals surface area contributed by atoms with Crippen LogP contribution in [0.2, 0.25) is 0 Å². The van der Waals surface area contributed by atoms with Gasteiger partial charge < -0.3 is 21.3 Å². The van der Waals surface area contributed by atoms with E-state index in [0.29, 0.717) is 41.9 Å². The summed E-state index contributed by atoms with van der Waals surface area (Å²) in [6.45, 7) is 16.8. The van der Waals surface area contributed by atoms with Crippen molar-refractivity contribution in [2.75, 3.05) is 26.3 Å². The molecule has 0 radical (unpaired) electrons. The molecule has 5 saturated carbocycles. The van der Waals surface area contributed by atoms with Gasteiger partial charge in [-0.25, -0.2) is 0 Å². The van der Waals surface area contributed by atoms with Crippen molar-refractivity contribution in [2.45, 2.75) is 97.9 Å². The van der Waals surface area contributed by atoms with Gasteiger partial charge in [-0.2, -0.15) is 0 Å². The zero-order valence-electron chi connectivity index (χ0n) is 23.1. The zero-order chi connectivity index (χ0) is 25.2. The van der Waals surface area contributed by atoms with Gasteiger partial charge in [0, 0.05) is 25.7 Å². The van der Waals surface area contributed by atoms with Gasteiger partial charge in [0.1, 0.15) is 0 Å². The van der Waals surface area contributed by atoms with E-state index >= 15 is 0 Å². The molecule has 5 rings (SSSR count). The normalized spacial score (nSPS) is 50.5. The molecule has 35 heavy (non-hydrogen) atoms. The summed E-state index contributed by atoms with van der Waals surface area (Å²) in [5, 5.41) is 23.3. The fraction of sp³-hybridized carbons (Fsp3) is 0.935. The van der Waals surface area contributed by atoms with Crippen LogP contribution < -0.4 is 11.1 Å². The van der Waals surface area contributed by atoms with Crippen LogP contribution in [0.4, 0.5) is 0 Å². The predicted molar refractivity (Wildman–Crippen MR) is 144 cm³/mol. The van der Waals surface area contributed by atoms with Crippen molar-refractivity contribution >= 4 is 0 Å². The molecule has 4 nitrogen and oxygen atoms in total. The van der Waals surface area contributed by atoms with Crippen molar-refractivity contribution < 1.29 is 10.2 Å². The van der Waals surface area contributed by atoms with Gasteiger partial charge in [-0.05, 0) is 121 Å². The number of nitrogens with two attached hydrogens (primary N) is 1. The Kier molecular flexibility index (Phi) is 6.81. The van der Waals surface area contributed by atoms with Gasteiger partial charge in [0.2, 0.25) is 0 Å². The highest BCUT2D eigenvalue weighted by Crippen LogP contribution is 2.73. The standard InChI is InChI=1S/C31H54N2O2/c1-20(18-33-16-17-34)21-8-14-31(19-35)15-9-23-22(27(21)31)6-7-25-29(23,4)12-10-24-28(2,3)26(32)11-13-30(24,25)5/h21-27,33-35H,1,6-19,32H2,2-5H3/t21-,22-,23+,24-,25-,26?,27+,29-,30-,31+/m0/s1. The number of aliphatic hydroxyl groups is 2. The number of nitrogens with one attached hydrogen (secondary N) is 1. The summed E-state index contributed by atoms with van der Waals surface area (Å²) in [6, 6.07) is 0.339. The van der Waals surface area contributed by atoms with Crippen molar-refractivity contribution in [1.82, 2.24) is 5.32 Å². The summed E-state index contributed by atoms with van der Waals surface area (Å²) >= 11 is 0. The van der Waals surface area contributed by atoms with Gasteiger partial charge in [-0.3, -0.25) is 0 Å². The van der Waals surface area contributed by atoms with Gasteiger partial charge >= 0.3 is 0 Å². The van der Waals surface area contributed by atoms with Crippen LogP contribution in [0.25, 0.3) is 0 Å². The fourth-order valence-corrected chi connectivity index (χ4v) is 11.6. The van der Waals surface area contributed by atoms with Crippen LogP contribution in [0.5, 0.6) is 0 Å². The maximum atomic E-state index is 10.7. The highest BCUT2D eigenvalue weighted by atomic mass is 16.3. The molecule has 0 aromatic rings. The molecule has 0 aromatic heterocycles. The Hall–Kier alpha value is -0.420. The fourth-order valence-electron chi connectivity index (χ4n) is 11.6. The van der Waals surface area contributed by atoms with Crippen molar-refractivity contribution in [3.8, 4) is 0 Å². The smallest absolute Gasteiger partial charge is 0.0556 e. The summed E-state index contributed by atoms with van der Waals surface area (Å²) in [7, 11) is 0. The minimum Gasteiger partial charge on any atom is -0.396 e. The lowest BCUT2D eigenvalue weighted by molar-refractivity contribution is -0.202. The van der Waals surface area contributed by atoms with Crippen LogP contribution in [0.15, 0.2) is 12.2 Å². The number of rotatable bonds is 6. The molecular formula is C31H54N2O2. The summed E-state index contributed by atoms with van der Waals surface area (Å²) in [6.07, 6.45) is 12.7. The average molecular weight is 487 g/mol. The third kappa shape index (κ3) is 3.74. The number of hydrogen-bond donors (Lipinski definition) is 4. The molecule has 4 heteroatoms. The molecule has 200 valence electrons. The molecule has 5 N–H and O–H groups in total. The molecule has 0 bridgehead atoms. The monoisotopic (exact) mass is 486 g/mol.